The standard InChI is InChI=1S/C9H9N3O5S/c1-12(8(13)6-3-2-4-16-6)7-5-11-9(17-7)18(10,14)15/h2-5H,1H3,(H2,10,14,15). The lowest BCUT2D eigenvalue weighted by Gasteiger charge is -2.10. The summed E-state index contributed by atoms with van der Waals surface area (Å²) in [6.45, 7) is 0. The summed E-state index contributed by atoms with van der Waals surface area (Å²) in [4.78, 5) is 16.4. The van der Waals surface area contributed by atoms with Crippen molar-refractivity contribution in [1.29, 1.82) is 0 Å². The van der Waals surface area contributed by atoms with Crippen molar-refractivity contribution in [3.05, 3.63) is 30.4 Å². The zero-order valence-electron chi connectivity index (χ0n) is 9.23. The molecule has 0 radical (unpaired) electrons. The molecule has 0 saturated carbocycles. The topological polar surface area (TPSA) is 120 Å². The molecule has 2 heterocycles. The summed E-state index contributed by atoms with van der Waals surface area (Å²) in [5.41, 5.74) is 0. The number of anilines is 1. The Morgan fingerprint density at radius 3 is 2.72 bits per heavy atom. The lowest BCUT2D eigenvalue weighted by molar-refractivity contribution is 0.0961. The average Bonchev–Trinajstić information content (AvgIpc) is 2.96. The minimum atomic E-state index is -4.03. The Labute approximate surface area is 102 Å². The van der Waals surface area contributed by atoms with Crippen LogP contribution in [0.25, 0.3) is 0 Å². The predicted octanol–water partition coefficient (Wildman–Crippen LogP) is 0.192. The highest BCUT2D eigenvalue weighted by molar-refractivity contribution is 7.88. The van der Waals surface area contributed by atoms with Crippen LogP contribution in [0.4, 0.5) is 5.88 Å². The van der Waals surface area contributed by atoms with Crippen molar-refractivity contribution in [3.8, 4) is 0 Å². The van der Waals surface area contributed by atoms with Crippen molar-refractivity contribution in [1.82, 2.24) is 4.98 Å². The molecule has 0 spiro atoms. The van der Waals surface area contributed by atoms with Gasteiger partial charge >= 0.3 is 5.22 Å². The van der Waals surface area contributed by atoms with Crippen LogP contribution in [0.5, 0.6) is 0 Å². The minimum Gasteiger partial charge on any atom is -0.459 e. The van der Waals surface area contributed by atoms with E-state index in [4.69, 9.17) is 14.0 Å². The van der Waals surface area contributed by atoms with Gasteiger partial charge in [0.15, 0.2) is 5.76 Å². The molecule has 0 aliphatic heterocycles. The van der Waals surface area contributed by atoms with E-state index in [1.807, 2.05) is 0 Å². The van der Waals surface area contributed by atoms with Crippen LogP contribution in [-0.4, -0.2) is 26.4 Å². The maximum Gasteiger partial charge on any atom is 0.332 e. The van der Waals surface area contributed by atoms with Crippen molar-refractivity contribution in [2.75, 3.05) is 11.9 Å². The Hall–Kier alpha value is -2.13. The Morgan fingerprint density at radius 2 is 2.22 bits per heavy atom. The number of carbonyl (C=O) groups is 1. The monoisotopic (exact) mass is 271 g/mol. The average molecular weight is 271 g/mol. The molecule has 0 saturated heterocycles. The third kappa shape index (κ3) is 2.26. The highest BCUT2D eigenvalue weighted by Crippen LogP contribution is 2.18. The van der Waals surface area contributed by atoms with Crippen molar-refractivity contribution in [3.63, 3.8) is 0 Å². The molecule has 0 atom stereocenters. The molecule has 8 nitrogen and oxygen atoms in total. The summed E-state index contributed by atoms with van der Waals surface area (Å²) in [7, 11) is -2.65. The zero-order chi connectivity index (χ0) is 13.3. The molecule has 0 aliphatic rings. The highest BCUT2D eigenvalue weighted by atomic mass is 32.2. The Balaban J connectivity index is 2.27. The summed E-state index contributed by atoms with van der Waals surface area (Å²) in [6.07, 6.45) is 2.43. The Kier molecular flexibility index (Phi) is 2.93. The maximum absolute atomic E-state index is 11.8. The van der Waals surface area contributed by atoms with E-state index >= 15 is 0 Å². The van der Waals surface area contributed by atoms with E-state index in [0.717, 1.165) is 11.1 Å². The third-order valence-electron chi connectivity index (χ3n) is 2.08. The molecule has 0 fully saturated rings. The summed E-state index contributed by atoms with van der Waals surface area (Å²) in [5, 5.41) is 4.18. The van der Waals surface area contributed by atoms with Crippen LogP contribution in [0.2, 0.25) is 0 Å². The van der Waals surface area contributed by atoms with E-state index in [-0.39, 0.29) is 11.6 Å². The molecular weight excluding hydrogens is 262 g/mol. The van der Waals surface area contributed by atoms with Crippen molar-refractivity contribution < 1.29 is 22.0 Å². The maximum atomic E-state index is 11.8. The quantitative estimate of drug-likeness (QED) is 0.850. The van der Waals surface area contributed by atoms with Gasteiger partial charge in [-0.3, -0.25) is 9.69 Å². The molecule has 2 aromatic rings. The molecule has 0 aromatic carbocycles. The van der Waals surface area contributed by atoms with E-state index in [0.29, 0.717) is 0 Å². The van der Waals surface area contributed by atoms with Crippen LogP contribution >= 0.6 is 0 Å². The summed E-state index contributed by atoms with van der Waals surface area (Å²) in [6, 6.07) is 3.02. The molecule has 96 valence electrons. The zero-order valence-corrected chi connectivity index (χ0v) is 10.0. The lowest BCUT2D eigenvalue weighted by Crippen LogP contribution is -2.25. The number of carbonyl (C=O) groups excluding carboxylic acids is 1. The van der Waals surface area contributed by atoms with Gasteiger partial charge in [0.1, 0.15) is 0 Å². The van der Waals surface area contributed by atoms with Crippen molar-refractivity contribution >= 4 is 21.8 Å². The van der Waals surface area contributed by atoms with E-state index in [2.05, 4.69) is 4.98 Å². The minimum absolute atomic E-state index is 0.0552. The van der Waals surface area contributed by atoms with Gasteiger partial charge < -0.3 is 8.83 Å². The van der Waals surface area contributed by atoms with Gasteiger partial charge in [0.2, 0.25) is 5.88 Å². The molecule has 2 aromatic heterocycles. The summed E-state index contributed by atoms with van der Waals surface area (Å²) >= 11 is 0. The first kappa shape index (κ1) is 12.3. The third-order valence-corrected chi connectivity index (χ3v) is 2.76. The summed E-state index contributed by atoms with van der Waals surface area (Å²) in [5.74, 6) is -0.469. The number of primary sulfonamides is 1. The smallest absolute Gasteiger partial charge is 0.332 e. The number of furan rings is 1. The number of hydrogen-bond acceptors (Lipinski definition) is 6. The number of amides is 1. The van der Waals surface area contributed by atoms with Gasteiger partial charge in [0, 0.05) is 7.05 Å². The highest BCUT2D eigenvalue weighted by Gasteiger charge is 2.22. The first-order chi connectivity index (χ1) is 8.39. The molecule has 18 heavy (non-hydrogen) atoms. The van der Waals surface area contributed by atoms with Crippen LogP contribution in [-0.2, 0) is 10.0 Å². The second kappa shape index (κ2) is 4.27. The first-order valence-electron chi connectivity index (χ1n) is 4.70. The summed E-state index contributed by atoms with van der Waals surface area (Å²) < 4.78 is 31.7. The van der Waals surface area contributed by atoms with Crippen LogP contribution in [0.3, 0.4) is 0 Å². The van der Waals surface area contributed by atoms with Gasteiger partial charge in [-0.25, -0.2) is 18.5 Å². The molecule has 9 heteroatoms. The van der Waals surface area contributed by atoms with Crippen molar-refractivity contribution in [2.24, 2.45) is 5.14 Å². The number of aromatic nitrogens is 1. The first-order valence-corrected chi connectivity index (χ1v) is 6.24. The van der Waals surface area contributed by atoms with Crippen LogP contribution in [0.15, 0.2) is 38.6 Å². The Morgan fingerprint density at radius 1 is 1.50 bits per heavy atom. The van der Waals surface area contributed by atoms with Gasteiger partial charge in [0.05, 0.1) is 12.5 Å². The van der Waals surface area contributed by atoms with E-state index in [1.54, 1.807) is 6.07 Å². The van der Waals surface area contributed by atoms with E-state index in [1.165, 1.54) is 19.4 Å². The second-order valence-electron chi connectivity index (χ2n) is 3.35. The van der Waals surface area contributed by atoms with Crippen LogP contribution < -0.4 is 10.0 Å². The van der Waals surface area contributed by atoms with Crippen LogP contribution in [0, 0.1) is 0 Å². The lowest BCUT2D eigenvalue weighted by atomic mass is 10.4. The fraction of sp³-hybridized carbons (Fsp3) is 0.111. The van der Waals surface area contributed by atoms with Gasteiger partial charge in [0.25, 0.3) is 15.9 Å². The number of hydrogen-bond donors (Lipinski definition) is 1. The number of rotatable bonds is 3. The van der Waals surface area contributed by atoms with E-state index in [9.17, 15) is 13.2 Å². The number of sulfonamides is 1. The van der Waals surface area contributed by atoms with Gasteiger partial charge in [-0.15, -0.1) is 0 Å². The predicted molar refractivity (Wildman–Crippen MR) is 59.3 cm³/mol. The molecule has 0 aliphatic carbocycles. The van der Waals surface area contributed by atoms with E-state index < -0.39 is 21.2 Å². The second-order valence-corrected chi connectivity index (χ2v) is 4.79. The number of oxazole rings is 1. The SMILES string of the molecule is CN(C(=O)c1ccco1)c1cnc(S(N)(=O)=O)o1. The number of nitrogens with two attached hydrogens (primary N) is 1. The molecular formula is C9H9N3O5S. The fourth-order valence-corrected chi connectivity index (χ4v) is 1.60. The Bertz CT molecular complexity index is 658. The van der Waals surface area contributed by atoms with Crippen LogP contribution in [0.1, 0.15) is 10.6 Å². The van der Waals surface area contributed by atoms with Gasteiger partial charge in [-0.1, -0.05) is 0 Å². The molecule has 0 bridgehead atoms. The number of nitrogens with zero attached hydrogens (tertiary/aromatic N) is 2. The fourth-order valence-electron chi connectivity index (χ4n) is 1.20. The molecule has 0 unspecified atom stereocenters. The normalized spacial score (nSPS) is 11.4. The largest absolute Gasteiger partial charge is 0.459 e. The molecule has 2 rings (SSSR count). The van der Waals surface area contributed by atoms with Gasteiger partial charge in [-0.05, 0) is 12.1 Å². The molecule has 1 amide bonds. The van der Waals surface area contributed by atoms with Gasteiger partial charge in [-0.2, -0.15) is 0 Å². The van der Waals surface area contributed by atoms with Crippen molar-refractivity contribution in [2.45, 2.75) is 5.22 Å². The molecule has 2 N–H and O–H groups in total.